The number of amides is 2. The molecule has 2 rings (SSSR count). The highest BCUT2D eigenvalue weighted by molar-refractivity contribution is 5.97. The molecule has 2 amide bonds. The molecular weight excluding hydrogens is 376 g/mol. The number of ether oxygens (including phenoxy) is 3. The van der Waals surface area contributed by atoms with Gasteiger partial charge in [-0.1, -0.05) is 12.1 Å². The van der Waals surface area contributed by atoms with Crippen LogP contribution in [0.4, 0.5) is 5.69 Å². The van der Waals surface area contributed by atoms with Gasteiger partial charge in [0.15, 0.2) is 18.1 Å². The van der Waals surface area contributed by atoms with Gasteiger partial charge in [0.2, 0.25) is 0 Å². The van der Waals surface area contributed by atoms with Crippen molar-refractivity contribution >= 4 is 23.5 Å². The number of rotatable bonds is 9. The molecule has 0 fully saturated rings. The van der Waals surface area contributed by atoms with Gasteiger partial charge in [0.05, 0.1) is 20.6 Å². The lowest BCUT2D eigenvalue weighted by atomic mass is 10.1. The van der Waals surface area contributed by atoms with E-state index < -0.39 is 18.5 Å². The van der Waals surface area contributed by atoms with Crippen molar-refractivity contribution in [3.05, 3.63) is 53.6 Å². The van der Waals surface area contributed by atoms with Crippen LogP contribution >= 0.6 is 0 Å². The van der Waals surface area contributed by atoms with E-state index in [2.05, 4.69) is 10.6 Å². The lowest BCUT2D eigenvalue weighted by molar-refractivity contribution is -0.146. The Kier molecular flexibility index (Phi) is 8.02. The van der Waals surface area contributed by atoms with Gasteiger partial charge in [0, 0.05) is 17.8 Å². The Morgan fingerprint density at radius 1 is 0.966 bits per heavy atom. The van der Waals surface area contributed by atoms with Crippen LogP contribution in [0.3, 0.4) is 0 Å². The second kappa shape index (κ2) is 10.7. The van der Waals surface area contributed by atoms with Gasteiger partial charge >= 0.3 is 5.97 Å². The van der Waals surface area contributed by atoms with Crippen LogP contribution in [-0.4, -0.2) is 45.2 Å². The molecule has 8 heteroatoms. The van der Waals surface area contributed by atoms with Gasteiger partial charge in [-0.05, 0) is 42.8 Å². The zero-order chi connectivity index (χ0) is 21.2. The molecule has 0 heterocycles. The molecule has 0 radical (unpaired) electrons. The number of benzene rings is 2. The molecule has 2 aromatic carbocycles. The van der Waals surface area contributed by atoms with Gasteiger partial charge < -0.3 is 24.8 Å². The highest BCUT2D eigenvalue weighted by Gasteiger charge is 2.12. The molecule has 2 aromatic rings. The summed E-state index contributed by atoms with van der Waals surface area (Å²) in [7, 11) is 3.03. The average molecular weight is 400 g/mol. The third-order valence-corrected chi connectivity index (χ3v) is 3.91. The van der Waals surface area contributed by atoms with E-state index >= 15 is 0 Å². The quantitative estimate of drug-likeness (QED) is 0.626. The van der Waals surface area contributed by atoms with Crippen molar-refractivity contribution < 1.29 is 28.6 Å². The fourth-order valence-corrected chi connectivity index (χ4v) is 2.55. The molecule has 0 aliphatic rings. The summed E-state index contributed by atoms with van der Waals surface area (Å²) in [6, 6.07) is 11.6. The molecule has 0 aliphatic carbocycles. The van der Waals surface area contributed by atoms with Crippen LogP contribution in [0.15, 0.2) is 42.5 Å². The molecule has 0 aliphatic heterocycles. The van der Waals surface area contributed by atoms with Gasteiger partial charge in [-0.3, -0.25) is 14.4 Å². The van der Waals surface area contributed by atoms with Crippen molar-refractivity contribution in [3.8, 4) is 11.5 Å². The average Bonchev–Trinajstić information content (AvgIpc) is 2.72. The Morgan fingerprint density at radius 2 is 1.72 bits per heavy atom. The van der Waals surface area contributed by atoms with Gasteiger partial charge in [0.1, 0.15) is 0 Å². The maximum absolute atomic E-state index is 12.0. The van der Waals surface area contributed by atoms with Crippen molar-refractivity contribution in [2.45, 2.75) is 13.3 Å². The molecule has 0 atom stereocenters. The van der Waals surface area contributed by atoms with Crippen molar-refractivity contribution in [1.29, 1.82) is 0 Å². The van der Waals surface area contributed by atoms with E-state index in [0.717, 1.165) is 0 Å². The predicted molar refractivity (Wildman–Crippen MR) is 107 cm³/mol. The number of carbonyl (C=O) groups is 3. The van der Waals surface area contributed by atoms with E-state index in [1.165, 1.54) is 14.2 Å². The Hall–Kier alpha value is -3.55. The summed E-state index contributed by atoms with van der Waals surface area (Å²) in [6.07, 6.45) is -0.0136. The number of nitrogens with one attached hydrogen (secondary N) is 2. The first-order valence-electron chi connectivity index (χ1n) is 9.01. The zero-order valence-electron chi connectivity index (χ0n) is 16.6. The highest BCUT2D eigenvalue weighted by Crippen LogP contribution is 2.27. The lowest BCUT2D eigenvalue weighted by Crippen LogP contribution is -2.24. The number of esters is 1. The summed E-state index contributed by atoms with van der Waals surface area (Å²) in [5, 5.41) is 5.28. The maximum Gasteiger partial charge on any atom is 0.310 e. The molecular formula is C21H24N2O6. The minimum absolute atomic E-state index is 0.0136. The zero-order valence-corrected chi connectivity index (χ0v) is 16.6. The summed E-state index contributed by atoms with van der Waals surface area (Å²) >= 11 is 0. The Balaban J connectivity index is 1.87. The molecule has 154 valence electrons. The monoisotopic (exact) mass is 400 g/mol. The fourth-order valence-electron chi connectivity index (χ4n) is 2.55. The predicted octanol–water partition coefficient (Wildman–Crippen LogP) is 2.18. The summed E-state index contributed by atoms with van der Waals surface area (Å²) in [4.78, 5) is 35.9. The molecule has 0 aromatic heterocycles. The Labute approximate surface area is 169 Å². The van der Waals surface area contributed by atoms with Crippen molar-refractivity contribution in [2.24, 2.45) is 0 Å². The van der Waals surface area contributed by atoms with Gasteiger partial charge in [-0.2, -0.15) is 0 Å². The van der Waals surface area contributed by atoms with E-state index in [1.54, 1.807) is 42.5 Å². The number of hydrogen-bond acceptors (Lipinski definition) is 6. The molecule has 0 saturated heterocycles. The van der Waals surface area contributed by atoms with E-state index in [1.807, 2.05) is 6.92 Å². The Morgan fingerprint density at radius 3 is 2.41 bits per heavy atom. The van der Waals surface area contributed by atoms with Crippen LogP contribution < -0.4 is 20.1 Å². The molecule has 0 bridgehead atoms. The first kappa shape index (κ1) is 21.7. The second-order valence-corrected chi connectivity index (χ2v) is 6.02. The fraction of sp³-hybridized carbons (Fsp3) is 0.286. The highest BCUT2D eigenvalue weighted by atomic mass is 16.5. The molecule has 0 unspecified atom stereocenters. The minimum Gasteiger partial charge on any atom is -0.493 e. The smallest absolute Gasteiger partial charge is 0.310 e. The number of carbonyl (C=O) groups excluding carboxylic acids is 3. The third kappa shape index (κ3) is 6.53. The van der Waals surface area contributed by atoms with E-state index in [9.17, 15) is 14.4 Å². The summed E-state index contributed by atoms with van der Waals surface area (Å²) in [6.45, 7) is 1.89. The largest absolute Gasteiger partial charge is 0.493 e. The van der Waals surface area contributed by atoms with Crippen LogP contribution in [0.5, 0.6) is 11.5 Å². The SMILES string of the molecule is CCNC(=O)c1cccc(NC(=O)COC(=O)Cc2ccc(OC)c(OC)c2)c1. The van der Waals surface area contributed by atoms with Crippen molar-refractivity contribution in [1.82, 2.24) is 5.32 Å². The number of hydrogen-bond donors (Lipinski definition) is 2. The van der Waals surface area contributed by atoms with E-state index in [4.69, 9.17) is 14.2 Å². The molecule has 2 N–H and O–H groups in total. The van der Waals surface area contributed by atoms with Gasteiger partial charge in [0.25, 0.3) is 11.8 Å². The van der Waals surface area contributed by atoms with Crippen LogP contribution in [0.1, 0.15) is 22.8 Å². The van der Waals surface area contributed by atoms with E-state index in [0.29, 0.717) is 34.9 Å². The van der Waals surface area contributed by atoms with Crippen molar-refractivity contribution in [2.75, 3.05) is 32.7 Å². The van der Waals surface area contributed by atoms with Crippen LogP contribution in [-0.2, 0) is 20.7 Å². The third-order valence-electron chi connectivity index (χ3n) is 3.91. The van der Waals surface area contributed by atoms with Gasteiger partial charge in [-0.25, -0.2) is 0 Å². The summed E-state index contributed by atoms with van der Waals surface area (Å²) in [5.74, 6) is -0.228. The number of methoxy groups -OCH3 is 2. The first-order valence-corrected chi connectivity index (χ1v) is 9.01. The van der Waals surface area contributed by atoms with Crippen LogP contribution in [0.2, 0.25) is 0 Å². The topological polar surface area (TPSA) is 103 Å². The maximum atomic E-state index is 12.0. The summed E-state index contributed by atoms with van der Waals surface area (Å²) < 4.78 is 15.4. The Bertz CT molecular complexity index is 881. The standard InChI is InChI=1S/C21H24N2O6/c1-4-22-21(26)15-6-5-7-16(12-15)23-19(24)13-29-20(25)11-14-8-9-17(27-2)18(10-14)28-3/h5-10,12H,4,11,13H2,1-3H3,(H,22,26)(H,23,24). The van der Waals surface area contributed by atoms with Gasteiger partial charge in [-0.15, -0.1) is 0 Å². The normalized spacial score (nSPS) is 10.0. The summed E-state index contributed by atoms with van der Waals surface area (Å²) in [5.41, 5.74) is 1.53. The molecule has 8 nitrogen and oxygen atoms in total. The van der Waals surface area contributed by atoms with Crippen LogP contribution in [0, 0.1) is 0 Å². The molecule has 29 heavy (non-hydrogen) atoms. The van der Waals surface area contributed by atoms with Crippen LogP contribution in [0.25, 0.3) is 0 Å². The number of anilines is 1. The second-order valence-electron chi connectivity index (χ2n) is 6.02. The first-order chi connectivity index (χ1) is 14.0. The lowest BCUT2D eigenvalue weighted by Gasteiger charge is -2.10. The minimum atomic E-state index is -0.552. The van der Waals surface area contributed by atoms with E-state index in [-0.39, 0.29) is 12.3 Å². The molecule has 0 spiro atoms. The molecule has 0 saturated carbocycles. The van der Waals surface area contributed by atoms with Crippen molar-refractivity contribution in [3.63, 3.8) is 0 Å².